The Hall–Kier alpha value is -3.91. The molecule has 3 aromatic carbocycles. The van der Waals surface area contributed by atoms with E-state index in [9.17, 15) is 27.6 Å². The first-order valence-corrected chi connectivity index (χ1v) is 12.6. The van der Waals surface area contributed by atoms with Crippen molar-refractivity contribution in [1.82, 2.24) is 5.32 Å². The SMILES string of the molecule is CC(C)[C@H](CC(=O)[C@@H](NC(=O)c1oc2cc(Cl)ccc2c1-c1ccccc1)c1ccccc1)C(=O)C(F)(F)F. The number of Topliss-reactive ketones (excluding diaryl/α,β-unsaturated/α-hetero) is 2. The molecule has 0 aliphatic heterocycles. The van der Waals surface area contributed by atoms with Crippen molar-refractivity contribution in [1.29, 1.82) is 0 Å². The molecule has 4 rings (SSSR count). The molecule has 202 valence electrons. The van der Waals surface area contributed by atoms with Gasteiger partial charge in [-0.05, 0) is 29.2 Å². The summed E-state index contributed by atoms with van der Waals surface area (Å²) in [6.07, 6.45) is -5.78. The highest BCUT2D eigenvalue weighted by Gasteiger charge is 2.45. The summed E-state index contributed by atoms with van der Waals surface area (Å²) in [7, 11) is 0. The average molecular weight is 556 g/mol. The first-order chi connectivity index (χ1) is 18.5. The Balaban J connectivity index is 1.73. The fraction of sp³-hybridized carbons (Fsp3) is 0.233. The third-order valence-electron chi connectivity index (χ3n) is 6.49. The van der Waals surface area contributed by atoms with Gasteiger partial charge in [0.2, 0.25) is 11.5 Å². The number of furan rings is 1. The molecule has 1 aromatic heterocycles. The summed E-state index contributed by atoms with van der Waals surface area (Å²) in [6, 6.07) is 20.8. The van der Waals surface area contributed by atoms with Crippen LogP contribution < -0.4 is 5.32 Å². The molecule has 4 aromatic rings. The standard InChI is InChI=1S/C30H25ClF3NO4/c1-17(2)22(28(37)30(32,33)34)16-23(36)26(19-11-7-4-8-12-19)35-29(38)27-25(18-9-5-3-6-10-18)21-14-13-20(31)15-24(21)39-27/h3-15,17,22,26H,16H2,1-2H3,(H,35,38)/t22-,26-/m0/s1. The average Bonchev–Trinajstić information content (AvgIpc) is 3.28. The number of hydrogen-bond acceptors (Lipinski definition) is 4. The normalized spacial score (nSPS) is 13.3. The molecule has 0 saturated carbocycles. The van der Waals surface area contributed by atoms with E-state index in [2.05, 4.69) is 5.32 Å². The van der Waals surface area contributed by atoms with Crippen molar-refractivity contribution in [3.63, 3.8) is 0 Å². The fourth-order valence-corrected chi connectivity index (χ4v) is 4.65. The van der Waals surface area contributed by atoms with E-state index in [-0.39, 0.29) is 5.76 Å². The lowest BCUT2D eigenvalue weighted by molar-refractivity contribution is -0.177. The minimum atomic E-state index is -5.08. The van der Waals surface area contributed by atoms with E-state index in [0.717, 1.165) is 0 Å². The van der Waals surface area contributed by atoms with E-state index in [1.807, 2.05) is 6.07 Å². The van der Waals surface area contributed by atoms with Gasteiger partial charge in [-0.3, -0.25) is 14.4 Å². The molecule has 39 heavy (non-hydrogen) atoms. The van der Waals surface area contributed by atoms with Crippen LogP contribution in [0.5, 0.6) is 0 Å². The number of rotatable bonds is 9. The van der Waals surface area contributed by atoms with Crippen molar-refractivity contribution in [2.75, 3.05) is 0 Å². The van der Waals surface area contributed by atoms with Crippen LogP contribution in [0.3, 0.4) is 0 Å². The van der Waals surface area contributed by atoms with Crippen LogP contribution in [0.4, 0.5) is 13.2 Å². The molecule has 0 unspecified atom stereocenters. The lowest BCUT2D eigenvalue weighted by Crippen LogP contribution is -2.39. The molecule has 0 bridgehead atoms. The zero-order chi connectivity index (χ0) is 28.3. The zero-order valence-electron chi connectivity index (χ0n) is 21.1. The molecule has 0 aliphatic rings. The van der Waals surface area contributed by atoms with Gasteiger partial charge in [0.1, 0.15) is 11.6 Å². The van der Waals surface area contributed by atoms with Gasteiger partial charge < -0.3 is 9.73 Å². The number of ketones is 2. The predicted octanol–water partition coefficient (Wildman–Crippen LogP) is 7.59. The first-order valence-electron chi connectivity index (χ1n) is 12.2. The third-order valence-corrected chi connectivity index (χ3v) is 6.73. The van der Waals surface area contributed by atoms with E-state index >= 15 is 0 Å². The summed E-state index contributed by atoms with van der Waals surface area (Å²) >= 11 is 6.13. The Kier molecular flexibility index (Phi) is 8.25. The zero-order valence-corrected chi connectivity index (χ0v) is 21.8. The van der Waals surface area contributed by atoms with Crippen molar-refractivity contribution >= 4 is 40.0 Å². The van der Waals surface area contributed by atoms with Crippen molar-refractivity contribution in [2.45, 2.75) is 32.5 Å². The summed E-state index contributed by atoms with van der Waals surface area (Å²) in [4.78, 5) is 39.2. The van der Waals surface area contributed by atoms with Gasteiger partial charge in [-0.2, -0.15) is 13.2 Å². The summed E-state index contributed by atoms with van der Waals surface area (Å²) in [6.45, 7) is 2.90. The van der Waals surface area contributed by atoms with Crippen LogP contribution in [0.1, 0.15) is 42.4 Å². The van der Waals surface area contributed by atoms with Gasteiger partial charge in [-0.15, -0.1) is 0 Å². The Morgan fingerprint density at radius 3 is 2.13 bits per heavy atom. The van der Waals surface area contributed by atoms with E-state index in [1.54, 1.807) is 72.8 Å². The fourth-order valence-electron chi connectivity index (χ4n) is 4.49. The molecule has 0 fully saturated rings. The van der Waals surface area contributed by atoms with Crippen LogP contribution in [0.25, 0.3) is 22.1 Å². The number of alkyl halides is 3. The van der Waals surface area contributed by atoms with Crippen molar-refractivity contribution in [2.24, 2.45) is 11.8 Å². The van der Waals surface area contributed by atoms with Gasteiger partial charge in [0.15, 0.2) is 5.78 Å². The lowest BCUT2D eigenvalue weighted by atomic mass is 9.84. The second-order valence-corrected chi connectivity index (χ2v) is 9.95. The largest absolute Gasteiger partial charge is 0.450 e. The molecule has 1 heterocycles. The number of carbonyl (C=O) groups excluding carboxylic acids is 3. The molecule has 1 amide bonds. The Bertz CT molecular complexity index is 1500. The Labute approximate surface area is 228 Å². The number of hydrogen-bond donors (Lipinski definition) is 1. The van der Waals surface area contributed by atoms with E-state index < -0.39 is 47.9 Å². The van der Waals surface area contributed by atoms with E-state index in [1.165, 1.54) is 13.8 Å². The van der Waals surface area contributed by atoms with Gasteiger partial charge in [-0.1, -0.05) is 86.1 Å². The van der Waals surface area contributed by atoms with Gasteiger partial charge in [0.25, 0.3) is 5.91 Å². The molecule has 0 saturated heterocycles. The maximum atomic E-state index is 13.7. The third kappa shape index (κ3) is 6.23. The molecule has 1 N–H and O–H groups in total. The lowest BCUT2D eigenvalue weighted by Gasteiger charge is -2.24. The smallest absolute Gasteiger partial charge is 0.450 e. The monoisotopic (exact) mass is 555 g/mol. The number of fused-ring (bicyclic) bond motifs is 1. The molecule has 2 atom stereocenters. The van der Waals surface area contributed by atoms with Crippen LogP contribution >= 0.6 is 11.6 Å². The molecule has 9 heteroatoms. The van der Waals surface area contributed by atoms with Crippen LogP contribution in [-0.2, 0) is 9.59 Å². The second-order valence-electron chi connectivity index (χ2n) is 9.51. The van der Waals surface area contributed by atoms with Crippen LogP contribution in [0, 0.1) is 11.8 Å². The maximum Gasteiger partial charge on any atom is 0.450 e. The maximum absolute atomic E-state index is 13.7. The topological polar surface area (TPSA) is 76.4 Å². The minimum absolute atomic E-state index is 0.0843. The molecule has 0 radical (unpaired) electrons. The van der Waals surface area contributed by atoms with Crippen molar-refractivity contribution in [3.05, 3.63) is 95.2 Å². The number of halogens is 4. The van der Waals surface area contributed by atoms with Crippen LogP contribution in [0.15, 0.2) is 83.3 Å². The number of carbonyl (C=O) groups is 3. The highest BCUT2D eigenvalue weighted by atomic mass is 35.5. The number of nitrogens with one attached hydrogen (secondary N) is 1. The van der Waals surface area contributed by atoms with Crippen LogP contribution in [-0.4, -0.2) is 23.6 Å². The van der Waals surface area contributed by atoms with Crippen LogP contribution in [0.2, 0.25) is 5.02 Å². The molecule has 0 spiro atoms. The predicted molar refractivity (Wildman–Crippen MR) is 142 cm³/mol. The van der Waals surface area contributed by atoms with E-state index in [0.29, 0.717) is 32.7 Å². The summed E-state index contributed by atoms with van der Waals surface area (Å²) in [5, 5.41) is 3.67. The minimum Gasteiger partial charge on any atom is -0.450 e. The summed E-state index contributed by atoms with van der Waals surface area (Å²) in [5.41, 5.74) is 1.87. The first kappa shape index (κ1) is 28.1. The van der Waals surface area contributed by atoms with Gasteiger partial charge >= 0.3 is 6.18 Å². The molecular weight excluding hydrogens is 531 g/mol. The summed E-state index contributed by atoms with van der Waals surface area (Å²) in [5.74, 6) is -5.87. The highest BCUT2D eigenvalue weighted by molar-refractivity contribution is 6.31. The Morgan fingerprint density at radius 1 is 0.923 bits per heavy atom. The molecular formula is C30H25ClF3NO4. The van der Waals surface area contributed by atoms with Crippen molar-refractivity contribution in [3.8, 4) is 11.1 Å². The van der Waals surface area contributed by atoms with Crippen molar-refractivity contribution < 1.29 is 32.0 Å². The van der Waals surface area contributed by atoms with Gasteiger partial charge in [-0.25, -0.2) is 0 Å². The van der Waals surface area contributed by atoms with E-state index in [4.69, 9.17) is 16.0 Å². The quantitative estimate of drug-likeness (QED) is 0.231. The van der Waals surface area contributed by atoms with Gasteiger partial charge in [0.05, 0.1) is 0 Å². The molecule has 0 aliphatic carbocycles. The number of benzene rings is 3. The summed E-state index contributed by atoms with van der Waals surface area (Å²) < 4.78 is 45.6. The second kappa shape index (κ2) is 11.5. The Morgan fingerprint density at radius 2 is 1.54 bits per heavy atom. The molecule has 5 nitrogen and oxygen atoms in total. The van der Waals surface area contributed by atoms with Gasteiger partial charge in [0, 0.05) is 34.4 Å². The highest BCUT2D eigenvalue weighted by Crippen LogP contribution is 2.37. The number of amides is 1.